The number of rotatable bonds is 7. The molecule has 1 heterocycles. The van der Waals surface area contributed by atoms with Gasteiger partial charge in [-0.05, 0) is 60.9 Å². The molecular formula is C25H25N3O4S. The summed E-state index contributed by atoms with van der Waals surface area (Å²) in [7, 11) is -3.74. The molecule has 3 aromatic carbocycles. The molecule has 1 fully saturated rings. The number of benzene rings is 3. The van der Waals surface area contributed by atoms with E-state index in [2.05, 4.69) is 10.0 Å². The predicted molar refractivity (Wildman–Crippen MR) is 127 cm³/mol. The molecule has 1 aliphatic heterocycles. The highest BCUT2D eigenvalue weighted by atomic mass is 32.2. The summed E-state index contributed by atoms with van der Waals surface area (Å²) in [6.07, 6.45) is 1.49. The minimum absolute atomic E-state index is 0.162. The molecule has 0 saturated carbocycles. The van der Waals surface area contributed by atoms with Crippen molar-refractivity contribution in [2.24, 2.45) is 0 Å². The maximum Gasteiger partial charge on any atom is 0.261 e. The number of aryl methyl sites for hydroxylation is 1. The third-order valence-corrected chi connectivity index (χ3v) is 6.94. The van der Waals surface area contributed by atoms with Gasteiger partial charge in [0.2, 0.25) is 5.91 Å². The predicted octanol–water partition coefficient (Wildman–Crippen LogP) is 4.17. The monoisotopic (exact) mass is 463 g/mol. The van der Waals surface area contributed by atoms with Crippen molar-refractivity contribution in [2.75, 3.05) is 16.6 Å². The lowest BCUT2D eigenvalue weighted by Gasteiger charge is -2.15. The van der Waals surface area contributed by atoms with Crippen LogP contribution in [0, 0.1) is 6.92 Å². The lowest BCUT2D eigenvalue weighted by molar-refractivity contribution is -0.128. The van der Waals surface area contributed by atoms with E-state index in [1.165, 1.54) is 12.1 Å². The fourth-order valence-corrected chi connectivity index (χ4v) is 4.81. The molecule has 33 heavy (non-hydrogen) atoms. The molecule has 3 aromatic rings. The number of likely N-dealkylation sites (tertiary alicyclic amines) is 1. The standard InChI is InChI=1S/C25H25N3O4S/c1-18-9-14-21(16-23(18)27-33(31,32)22-6-3-2-4-7-22)26-25(30)20-12-10-19(11-13-20)17-28-15-5-8-24(28)29/h2-4,6-7,9-14,16,27H,5,8,15,17H2,1H3,(H,26,30). The van der Waals surface area contributed by atoms with E-state index >= 15 is 0 Å². The van der Waals surface area contributed by atoms with E-state index in [9.17, 15) is 18.0 Å². The smallest absolute Gasteiger partial charge is 0.261 e. The van der Waals surface area contributed by atoms with Crippen molar-refractivity contribution < 1.29 is 18.0 Å². The molecule has 7 nitrogen and oxygen atoms in total. The Hall–Kier alpha value is -3.65. The normalized spacial score (nSPS) is 13.7. The zero-order chi connectivity index (χ0) is 23.4. The minimum Gasteiger partial charge on any atom is -0.338 e. The molecular weight excluding hydrogens is 438 g/mol. The van der Waals surface area contributed by atoms with E-state index in [1.54, 1.807) is 55.5 Å². The fourth-order valence-electron chi connectivity index (χ4n) is 3.67. The number of sulfonamides is 1. The summed E-state index contributed by atoms with van der Waals surface area (Å²) in [5.41, 5.74) is 3.03. The van der Waals surface area contributed by atoms with Crippen LogP contribution in [0.3, 0.4) is 0 Å². The molecule has 8 heteroatoms. The van der Waals surface area contributed by atoms with Crippen LogP contribution in [-0.2, 0) is 21.4 Å². The van der Waals surface area contributed by atoms with E-state index < -0.39 is 10.0 Å². The highest BCUT2D eigenvalue weighted by molar-refractivity contribution is 7.92. The topological polar surface area (TPSA) is 95.6 Å². The Labute approximate surface area is 193 Å². The van der Waals surface area contributed by atoms with Crippen LogP contribution in [0.15, 0.2) is 77.7 Å². The lowest BCUT2D eigenvalue weighted by atomic mass is 10.1. The summed E-state index contributed by atoms with van der Waals surface area (Å²) in [5.74, 6) is -0.144. The summed E-state index contributed by atoms with van der Waals surface area (Å²) in [5, 5.41) is 2.81. The van der Waals surface area contributed by atoms with Crippen molar-refractivity contribution in [3.05, 3.63) is 89.5 Å². The Bertz CT molecular complexity index is 1270. The average molecular weight is 464 g/mol. The third kappa shape index (κ3) is 5.40. The molecule has 0 atom stereocenters. The van der Waals surface area contributed by atoms with E-state index in [-0.39, 0.29) is 16.7 Å². The van der Waals surface area contributed by atoms with Crippen molar-refractivity contribution in [1.29, 1.82) is 0 Å². The third-order valence-electron chi connectivity index (χ3n) is 5.55. The highest BCUT2D eigenvalue weighted by Gasteiger charge is 2.20. The molecule has 2 amide bonds. The van der Waals surface area contributed by atoms with Gasteiger partial charge in [0, 0.05) is 30.8 Å². The first-order valence-electron chi connectivity index (χ1n) is 10.7. The fraction of sp³-hybridized carbons (Fsp3) is 0.200. The summed E-state index contributed by atoms with van der Waals surface area (Å²) in [6.45, 7) is 3.10. The van der Waals surface area contributed by atoms with Gasteiger partial charge in [-0.25, -0.2) is 8.42 Å². The second-order valence-electron chi connectivity index (χ2n) is 8.02. The number of hydrogen-bond acceptors (Lipinski definition) is 4. The van der Waals surface area contributed by atoms with Crippen LogP contribution in [0.2, 0.25) is 0 Å². The number of nitrogens with one attached hydrogen (secondary N) is 2. The molecule has 0 unspecified atom stereocenters. The van der Waals surface area contributed by atoms with Gasteiger partial charge in [-0.15, -0.1) is 0 Å². The van der Waals surface area contributed by atoms with Crippen LogP contribution >= 0.6 is 0 Å². The molecule has 1 aliphatic rings. The van der Waals surface area contributed by atoms with Crippen LogP contribution in [-0.4, -0.2) is 31.7 Å². The molecule has 2 N–H and O–H groups in total. The van der Waals surface area contributed by atoms with Gasteiger partial charge in [0.15, 0.2) is 0 Å². The van der Waals surface area contributed by atoms with E-state index in [1.807, 2.05) is 17.0 Å². The maximum absolute atomic E-state index is 12.7. The first kappa shape index (κ1) is 22.5. The lowest BCUT2D eigenvalue weighted by Crippen LogP contribution is -2.23. The Kier molecular flexibility index (Phi) is 6.46. The SMILES string of the molecule is Cc1ccc(NC(=O)c2ccc(CN3CCCC3=O)cc2)cc1NS(=O)(=O)c1ccccc1. The van der Waals surface area contributed by atoms with E-state index in [4.69, 9.17) is 0 Å². The van der Waals surface area contributed by atoms with Crippen molar-refractivity contribution in [1.82, 2.24) is 4.90 Å². The Morgan fingerprint density at radius 1 is 1.00 bits per heavy atom. The molecule has 0 radical (unpaired) electrons. The van der Waals surface area contributed by atoms with Gasteiger partial charge < -0.3 is 10.2 Å². The zero-order valence-corrected chi connectivity index (χ0v) is 19.1. The van der Waals surface area contributed by atoms with Gasteiger partial charge in [0.25, 0.3) is 15.9 Å². The highest BCUT2D eigenvalue weighted by Crippen LogP contribution is 2.24. The van der Waals surface area contributed by atoms with Crippen molar-refractivity contribution in [3.8, 4) is 0 Å². The maximum atomic E-state index is 12.7. The molecule has 0 aromatic heterocycles. The summed E-state index contributed by atoms with van der Waals surface area (Å²) in [4.78, 5) is 26.5. The molecule has 170 valence electrons. The van der Waals surface area contributed by atoms with Crippen LogP contribution in [0.4, 0.5) is 11.4 Å². The number of hydrogen-bond donors (Lipinski definition) is 2. The molecule has 0 bridgehead atoms. The van der Waals surface area contributed by atoms with Crippen LogP contribution in [0.25, 0.3) is 0 Å². The van der Waals surface area contributed by atoms with Gasteiger partial charge in [0.1, 0.15) is 0 Å². The molecule has 4 rings (SSSR count). The number of carbonyl (C=O) groups is 2. The van der Waals surface area contributed by atoms with Gasteiger partial charge in [-0.1, -0.05) is 36.4 Å². The number of anilines is 2. The van der Waals surface area contributed by atoms with Gasteiger partial charge in [-0.2, -0.15) is 0 Å². The van der Waals surface area contributed by atoms with Crippen LogP contribution < -0.4 is 10.0 Å². The van der Waals surface area contributed by atoms with Crippen molar-refractivity contribution in [3.63, 3.8) is 0 Å². The molecule has 0 spiro atoms. The van der Waals surface area contributed by atoms with E-state index in [0.29, 0.717) is 29.9 Å². The summed E-state index contributed by atoms with van der Waals surface area (Å²) in [6, 6.07) is 20.3. The zero-order valence-electron chi connectivity index (χ0n) is 18.2. The second-order valence-corrected chi connectivity index (χ2v) is 9.70. The van der Waals surface area contributed by atoms with Crippen molar-refractivity contribution >= 4 is 33.2 Å². The first-order valence-corrected chi connectivity index (χ1v) is 12.2. The van der Waals surface area contributed by atoms with Gasteiger partial charge in [-0.3, -0.25) is 14.3 Å². The van der Waals surface area contributed by atoms with Gasteiger partial charge in [0.05, 0.1) is 10.6 Å². The average Bonchev–Trinajstić information content (AvgIpc) is 3.21. The molecule has 1 saturated heterocycles. The minimum atomic E-state index is -3.74. The Morgan fingerprint density at radius 2 is 1.73 bits per heavy atom. The number of carbonyl (C=O) groups excluding carboxylic acids is 2. The molecule has 0 aliphatic carbocycles. The summed E-state index contributed by atoms with van der Waals surface area (Å²) >= 11 is 0. The van der Waals surface area contributed by atoms with E-state index in [0.717, 1.165) is 24.1 Å². The number of nitrogens with zero attached hydrogens (tertiary/aromatic N) is 1. The largest absolute Gasteiger partial charge is 0.338 e. The number of amides is 2. The summed E-state index contributed by atoms with van der Waals surface area (Å²) < 4.78 is 27.9. The second kappa shape index (κ2) is 9.46. The van der Waals surface area contributed by atoms with Gasteiger partial charge >= 0.3 is 0 Å². The van der Waals surface area contributed by atoms with Crippen molar-refractivity contribution in [2.45, 2.75) is 31.2 Å². The Balaban J connectivity index is 1.44. The Morgan fingerprint density at radius 3 is 2.39 bits per heavy atom. The van der Waals surface area contributed by atoms with Crippen LogP contribution in [0.5, 0.6) is 0 Å². The van der Waals surface area contributed by atoms with Crippen LogP contribution in [0.1, 0.15) is 34.3 Å². The quantitative estimate of drug-likeness (QED) is 0.550. The first-order chi connectivity index (χ1) is 15.8.